The molecule has 1 fully saturated rings. The second-order valence-corrected chi connectivity index (χ2v) is 7.36. The van der Waals surface area contributed by atoms with Crippen molar-refractivity contribution in [2.45, 2.75) is 39.7 Å². The Morgan fingerprint density at radius 2 is 1.77 bits per heavy atom. The fourth-order valence-corrected chi connectivity index (χ4v) is 3.90. The number of hydrogen-bond acceptors (Lipinski definition) is 5. The van der Waals surface area contributed by atoms with Gasteiger partial charge in [0.15, 0.2) is 5.78 Å². The minimum Gasteiger partial charge on any atom is -0.462 e. The summed E-state index contributed by atoms with van der Waals surface area (Å²) in [5, 5.41) is 2.65. The Hall–Kier alpha value is -3.49. The van der Waals surface area contributed by atoms with Gasteiger partial charge in [-0.3, -0.25) is 14.5 Å². The first-order valence-electron chi connectivity index (χ1n) is 9.95. The molecule has 8 nitrogen and oxygen atoms in total. The van der Waals surface area contributed by atoms with E-state index < -0.39 is 41.6 Å². The number of aromatic nitrogens is 1. The number of nitrogens with zero attached hydrogens (tertiary/aromatic N) is 1. The Kier molecular flexibility index (Phi) is 5.97. The summed E-state index contributed by atoms with van der Waals surface area (Å²) in [7, 11) is 0. The summed E-state index contributed by atoms with van der Waals surface area (Å²) >= 11 is 0. The molecule has 31 heavy (non-hydrogen) atoms. The van der Waals surface area contributed by atoms with Crippen molar-refractivity contribution in [2.75, 3.05) is 13.2 Å². The van der Waals surface area contributed by atoms with Crippen molar-refractivity contribution in [3.05, 3.63) is 58.2 Å². The first-order chi connectivity index (χ1) is 14.7. The third kappa shape index (κ3) is 3.71. The number of esters is 1. The first-order valence-corrected chi connectivity index (χ1v) is 9.95. The van der Waals surface area contributed by atoms with Gasteiger partial charge >= 0.3 is 12.0 Å². The van der Waals surface area contributed by atoms with Crippen LogP contribution in [0.4, 0.5) is 9.18 Å². The molecule has 0 spiro atoms. The van der Waals surface area contributed by atoms with Crippen LogP contribution in [0.1, 0.15) is 57.9 Å². The van der Waals surface area contributed by atoms with Gasteiger partial charge in [-0.05, 0) is 50.5 Å². The third-order valence-electron chi connectivity index (χ3n) is 5.54. The highest BCUT2D eigenvalue weighted by atomic mass is 19.1. The minimum atomic E-state index is -1.37. The number of carbonyl (C=O) groups is 4. The smallest absolute Gasteiger partial charge is 0.340 e. The number of imide groups is 1. The topological polar surface area (TPSA) is 109 Å². The fraction of sp³-hybridized carbons (Fsp3) is 0.364. The van der Waals surface area contributed by atoms with Gasteiger partial charge in [0.2, 0.25) is 0 Å². The number of nitrogens with one attached hydrogen (secondary N) is 2. The number of benzene rings is 1. The molecule has 1 atom stereocenters. The molecule has 0 radical (unpaired) electrons. The molecule has 0 bridgehead atoms. The molecule has 1 aliphatic heterocycles. The SMILES string of the molecule is CCOC(=O)c1c(C)[nH]c(C(=O)CN2C(=O)NC(CC)(c3ccc(F)cc3)C2=O)c1C. The number of aromatic amines is 1. The third-order valence-corrected chi connectivity index (χ3v) is 5.54. The van der Waals surface area contributed by atoms with Gasteiger partial charge in [-0.1, -0.05) is 19.1 Å². The van der Waals surface area contributed by atoms with Gasteiger partial charge in [0.05, 0.1) is 24.4 Å². The van der Waals surface area contributed by atoms with Crippen molar-refractivity contribution in [3.8, 4) is 0 Å². The predicted molar refractivity (Wildman–Crippen MR) is 109 cm³/mol. The number of Topliss-reactive ketones (excluding diaryl/α,β-unsaturated/α-hetero) is 1. The van der Waals surface area contributed by atoms with Gasteiger partial charge in [-0.15, -0.1) is 0 Å². The lowest BCUT2D eigenvalue weighted by molar-refractivity contribution is -0.131. The van der Waals surface area contributed by atoms with Crippen molar-refractivity contribution >= 4 is 23.7 Å². The molecule has 3 rings (SSSR count). The average Bonchev–Trinajstić information content (AvgIpc) is 3.16. The van der Waals surface area contributed by atoms with E-state index in [2.05, 4.69) is 10.3 Å². The normalized spacial score (nSPS) is 18.3. The van der Waals surface area contributed by atoms with Gasteiger partial charge in [0.1, 0.15) is 11.4 Å². The largest absolute Gasteiger partial charge is 0.462 e. The van der Waals surface area contributed by atoms with Crippen LogP contribution in [0.25, 0.3) is 0 Å². The Balaban J connectivity index is 1.88. The van der Waals surface area contributed by atoms with Crippen LogP contribution in [-0.4, -0.2) is 46.7 Å². The summed E-state index contributed by atoms with van der Waals surface area (Å²) < 4.78 is 18.4. The van der Waals surface area contributed by atoms with Crippen LogP contribution >= 0.6 is 0 Å². The Labute approximate surface area is 178 Å². The van der Waals surface area contributed by atoms with E-state index in [-0.39, 0.29) is 24.3 Å². The molecule has 1 unspecified atom stereocenters. The van der Waals surface area contributed by atoms with Crippen LogP contribution in [0.2, 0.25) is 0 Å². The minimum absolute atomic E-state index is 0.136. The summed E-state index contributed by atoms with van der Waals surface area (Å²) in [5.74, 6) is -2.13. The van der Waals surface area contributed by atoms with Gasteiger partial charge in [0, 0.05) is 5.69 Å². The number of H-pyrrole nitrogens is 1. The zero-order valence-electron chi connectivity index (χ0n) is 17.8. The average molecular weight is 429 g/mol. The summed E-state index contributed by atoms with van der Waals surface area (Å²) in [6.45, 7) is 6.33. The molecule has 1 saturated heterocycles. The number of hydrogen-bond donors (Lipinski definition) is 2. The van der Waals surface area contributed by atoms with Crippen LogP contribution in [0.3, 0.4) is 0 Å². The number of ketones is 1. The molecule has 2 heterocycles. The van der Waals surface area contributed by atoms with Gasteiger partial charge in [-0.25, -0.2) is 14.0 Å². The summed E-state index contributed by atoms with van der Waals surface area (Å²) in [4.78, 5) is 54.6. The second kappa shape index (κ2) is 8.33. The maximum Gasteiger partial charge on any atom is 0.340 e. The van der Waals surface area contributed by atoms with Crippen molar-refractivity contribution in [2.24, 2.45) is 0 Å². The number of carbonyl (C=O) groups excluding carboxylic acids is 4. The van der Waals surface area contributed by atoms with Crippen molar-refractivity contribution in [1.29, 1.82) is 0 Å². The van der Waals surface area contributed by atoms with E-state index in [1.165, 1.54) is 24.3 Å². The van der Waals surface area contributed by atoms with E-state index in [4.69, 9.17) is 4.74 Å². The highest BCUT2D eigenvalue weighted by molar-refractivity contribution is 6.12. The van der Waals surface area contributed by atoms with Crippen molar-refractivity contribution in [1.82, 2.24) is 15.2 Å². The number of halogens is 1. The molecule has 1 aromatic carbocycles. The molecule has 9 heteroatoms. The monoisotopic (exact) mass is 429 g/mol. The van der Waals surface area contributed by atoms with Crippen molar-refractivity contribution in [3.63, 3.8) is 0 Å². The molecular weight excluding hydrogens is 405 g/mol. The number of urea groups is 1. The summed E-state index contributed by atoms with van der Waals surface area (Å²) in [5.41, 5.74) is 0.316. The van der Waals surface area contributed by atoms with Crippen LogP contribution in [0.15, 0.2) is 24.3 Å². The second-order valence-electron chi connectivity index (χ2n) is 7.36. The predicted octanol–water partition coefficient (Wildman–Crippen LogP) is 2.99. The van der Waals surface area contributed by atoms with Gasteiger partial charge < -0.3 is 15.0 Å². The van der Waals surface area contributed by atoms with E-state index in [1.807, 2.05) is 0 Å². The number of aryl methyl sites for hydroxylation is 1. The molecular formula is C22H24FN3O5. The molecule has 1 aromatic heterocycles. The standard InChI is InChI=1S/C22H24FN3O5/c1-5-22(14-7-9-15(23)10-8-14)20(29)26(21(30)25-22)11-16(27)18-12(3)17(13(4)24-18)19(28)31-6-2/h7-10,24H,5-6,11H2,1-4H3,(H,25,30). The lowest BCUT2D eigenvalue weighted by atomic mass is 9.87. The molecule has 3 amide bonds. The first kappa shape index (κ1) is 22.2. The lowest BCUT2D eigenvalue weighted by Crippen LogP contribution is -2.43. The van der Waals surface area contributed by atoms with Crippen LogP contribution < -0.4 is 5.32 Å². The summed E-state index contributed by atoms with van der Waals surface area (Å²) in [6.07, 6.45) is 0.224. The van der Waals surface area contributed by atoms with Gasteiger partial charge in [-0.2, -0.15) is 0 Å². The van der Waals surface area contributed by atoms with E-state index in [0.29, 0.717) is 16.8 Å². The molecule has 1 aliphatic rings. The van der Waals surface area contributed by atoms with E-state index in [1.54, 1.807) is 27.7 Å². The highest BCUT2D eigenvalue weighted by Gasteiger charge is 2.51. The lowest BCUT2D eigenvalue weighted by Gasteiger charge is -2.25. The number of amides is 3. The Morgan fingerprint density at radius 1 is 1.13 bits per heavy atom. The van der Waals surface area contributed by atoms with Crippen LogP contribution in [0, 0.1) is 19.7 Å². The highest BCUT2D eigenvalue weighted by Crippen LogP contribution is 2.33. The zero-order chi connectivity index (χ0) is 22.9. The van der Waals surface area contributed by atoms with Crippen LogP contribution in [-0.2, 0) is 15.1 Å². The Bertz CT molecular complexity index is 1060. The van der Waals surface area contributed by atoms with E-state index in [9.17, 15) is 23.6 Å². The van der Waals surface area contributed by atoms with Gasteiger partial charge in [0.25, 0.3) is 5.91 Å². The van der Waals surface area contributed by atoms with E-state index >= 15 is 0 Å². The van der Waals surface area contributed by atoms with Crippen molar-refractivity contribution < 1.29 is 28.3 Å². The number of ether oxygens (including phenoxy) is 1. The maximum atomic E-state index is 13.3. The molecule has 164 valence electrons. The molecule has 2 aromatic rings. The summed E-state index contributed by atoms with van der Waals surface area (Å²) in [6, 6.07) is 4.58. The zero-order valence-corrected chi connectivity index (χ0v) is 17.8. The Morgan fingerprint density at radius 3 is 2.35 bits per heavy atom. The quantitative estimate of drug-likeness (QED) is 0.400. The molecule has 0 saturated carbocycles. The van der Waals surface area contributed by atoms with E-state index in [0.717, 1.165) is 4.90 Å². The molecule has 0 aliphatic carbocycles. The van der Waals surface area contributed by atoms with Crippen LogP contribution in [0.5, 0.6) is 0 Å². The fourth-order valence-electron chi connectivity index (χ4n) is 3.90. The molecule has 2 N–H and O–H groups in total. The maximum absolute atomic E-state index is 13.3. The number of rotatable bonds is 7.